The molecule has 0 atom stereocenters. The van der Waals surface area contributed by atoms with Crippen molar-refractivity contribution in [2.75, 3.05) is 37.8 Å². The minimum absolute atomic E-state index is 0.230. The lowest BCUT2D eigenvalue weighted by Crippen LogP contribution is -2.21. The molecular weight excluding hydrogens is 341 g/mol. The Morgan fingerprint density at radius 1 is 0.889 bits per heavy atom. The van der Waals surface area contributed by atoms with Gasteiger partial charge in [-0.2, -0.15) is 0 Å². The molecule has 6 heteroatoms. The lowest BCUT2D eigenvalue weighted by molar-refractivity contribution is 0.425. The Morgan fingerprint density at radius 3 is 2.26 bits per heavy atom. The van der Waals surface area contributed by atoms with E-state index in [1.54, 1.807) is 12.1 Å². The van der Waals surface area contributed by atoms with Crippen molar-refractivity contribution in [3.8, 4) is 11.4 Å². The van der Waals surface area contributed by atoms with Gasteiger partial charge in [-0.3, -0.25) is 0 Å². The van der Waals surface area contributed by atoms with E-state index in [2.05, 4.69) is 25.5 Å². The van der Waals surface area contributed by atoms with Crippen LogP contribution in [0.3, 0.4) is 0 Å². The summed E-state index contributed by atoms with van der Waals surface area (Å²) in [5.74, 6) is 1.79. The molecule has 27 heavy (non-hydrogen) atoms. The van der Waals surface area contributed by atoms with Crippen LogP contribution in [-0.4, -0.2) is 42.1 Å². The molecule has 0 aliphatic carbocycles. The number of anilines is 2. The van der Waals surface area contributed by atoms with Crippen molar-refractivity contribution in [3.63, 3.8) is 0 Å². The topological polar surface area (TPSA) is 53.1 Å². The summed E-state index contributed by atoms with van der Waals surface area (Å²) >= 11 is 0. The molecule has 1 heterocycles. The van der Waals surface area contributed by atoms with E-state index >= 15 is 0 Å². The highest BCUT2D eigenvalue weighted by atomic mass is 19.1. The van der Waals surface area contributed by atoms with Gasteiger partial charge in [0.15, 0.2) is 5.82 Å². The Kier molecular flexibility index (Phi) is 6.33. The molecule has 0 spiro atoms. The van der Waals surface area contributed by atoms with Gasteiger partial charge in [0.25, 0.3) is 0 Å². The Labute approximate surface area is 159 Å². The van der Waals surface area contributed by atoms with E-state index < -0.39 is 0 Å². The third-order valence-corrected chi connectivity index (χ3v) is 4.04. The molecule has 0 aliphatic heterocycles. The van der Waals surface area contributed by atoms with E-state index in [0.29, 0.717) is 23.8 Å². The van der Waals surface area contributed by atoms with Crippen LogP contribution >= 0.6 is 0 Å². The molecule has 1 aromatic heterocycles. The van der Waals surface area contributed by atoms with Gasteiger partial charge in [0, 0.05) is 36.8 Å². The average Bonchev–Trinajstić information content (AvgIpc) is 2.68. The van der Waals surface area contributed by atoms with Gasteiger partial charge < -0.3 is 15.5 Å². The van der Waals surface area contributed by atoms with E-state index in [-0.39, 0.29) is 5.82 Å². The molecule has 5 nitrogen and oxygen atoms in total. The third-order valence-electron chi connectivity index (χ3n) is 4.04. The van der Waals surface area contributed by atoms with E-state index in [9.17, 15) is 4.39 Å². The summed E-state index contributed by atoms with van der Waals surface area (Å²) in [5.41, 5.74) is 1.53. The molecule has 0 amide bonds. The number of nitrogens with zero attached hydrogens (tertiary/aromatic N) is 3. The zero-order valence-corrected chi connectivity index (χ0v) is 15.6. The Balaban J connectivity index is 1.81. The van der Waals surface area contributed by atoms with Crippen molar-refractivity contribution in [2.45, 2.75) is 6.54 Å². The first kappa shape index (κ1) is 18.8. The maximum Gasteiger partial charge on any atom is 0.163 e. The van der Waals surface area contributed by atoms with Gasteiger partial charge in [-0.05, 0) is 20.2 Å². The van der Waals surface area contributed by atoms with Gasteiger partial charge in [0.05, 0.1) is 0 Å². The molecular formula is C21H24FN5. The predicted octanol–water partition coefficient (Wildman–Crippen LogP) is 3.87. The molecule has 0 fully saturated rings. The zero-order valence-electron chi connectivity index (χ0n) is 15.6. The molecule has 3 aromatic rings. The van der Waals surface area contributed by atoms with Crippen molar-refractivity contribution in [1.29, 1.82) is 0 Å². The summed E-state index contributed by atoms with van der Waals surface area (Å²) in [5, 5.41) is 6.54. The summed E-state index contributed by atoms with van der Waals surface area (Å²) in [6.45, 7) is 2.02. The first-order valence-electron chi connectivity index (χ1n) is 8.92. The molecule has 0 saturated heterocycles. The monoisotopic (exact) mass is 365 g/mol. The van der Waals surface area contributed by atoms with Crippen LogP contribution in [0.25, 0.3) is 11.4 Å². The van der Waals surface area contributed by atoms with Crippen molar-refractivity contribution in [1.82, 2.24) is 14.9 Å². The molecule has 2 aromatic carbocycles. The first-order chi connectivity index (χ1) is 13.1. The van der Waals surface area contributed by atoms with Gasteiger partial charge in [-0.25, -0.2) is 14.4 Å². The van der Waals surface area contributed by atoms with Crippen LogP contribution in [0.2, 0.25) is 0 Å². The van der Waals surface area contributed by atoms with Gasteiger partial charge in [-0.1, -0.05) is 48.5 Å². The summed E-state index contributed by atoms with van der Waals surface area (Å²) < 4.78 is 13.9. The van der Waals surface area contributed by atoms with Crippen LogP contribution in [0.15, 0.2) is 60.7 Å². The standard InChI is InChI=1S/C21H24FN5/c1-27(2)13-12-23-19-14-20(24-15-17-10-6-7-11-18(17)22)26-21(25-19)16-8-4-3-5-9-16/h3-11,14H,12-13,15H2,1-2H3,(H2,23,24,25,26). The predicted molar refractivity (Wildman–Crippen MR) is 108 cm³/mol. The average molecular weight is 365 g/mol. The summed E-state index contributed by atoms with van der Waals surface area (Å²) in [6, 6.07) is 18.4. The molecule has 140 valence electrons. The van der Waals surface area contributed by atoms with Gasteiger partial charge in [-0.15, -0.1) is 0 Å². The number of nitrogens with one attached hydrogen (secondary N) is 2. The number of likely N-dealkylation sites (N-methyl/N-ethyl adjacent to an activating group) is 1. The lowest BCUT2D eigenvalue weighted by atomic mass is 10.2. The summed E-state index contributed by atoms with van der Waals surface area (Å²) in [4.78, 5) is 11.3. The molecule has 2 N–H and O–H groups in total. The first-order valence-corrected chi connectivity index (χ1v) is 8.92. The quantitative estimate of drug-likeness (QED) is 0.635. The number of halogens is 1. The van der Waals surface area contributed by atoms with Crippen molar-refractivity contribution < 1.29 is 4.39 Å². The minimum atomic E-state index is -0.230. The molecule has 0 unspecified atom stereocenters. The molecule has 0 radical (unpaired) electrons. The highest BCUT2D eigenvalue weighted by molar-refractivity contribution is 5.61. The summed E-state index contributed by atoms with van der Waals surface area (Å²) in [7, 11) is 4.05. The second-order valence-corrected chi connectivity index (χ2v) is 6.50. The van der Waals surface area contributed by atoms with Crippen LogP contribution < -0.4 is 10.6 Å². The Hall–Kier alpha value is -2.99. The Bertz CT molecular complexity index is 867. The third kappa shape index (κ3) is 5.49. The minimum Gasteiger partial charge on any atom is -0.369 e. The van der Waals surface area contributed by atoms with Crippen LogP contribution in [0.4, 0.5) is 16.0 Å². The highest BCUT2D eigenvalue weighted by Gasteiger charge is 2.08. The molecule has 0 bridgehead atoms. The van der Waals surface area contributed by atoms with Crippen molar-refractivity contribution in [2.24, 2.45) is 0 Å². The van der Waals surface area contributed by atoms with Crippen LogP contribution in [-0.2, 0) is 6.54 Å². The maximum absolute atomic E-state index is 13.9. The Morgan fingerprint density at radius 2 is 1.56 bits per heavy atom. The van der Waals surface area contributed by atoms with Crippen LogP contribution in [0.5, 0.6) is 0 Å². The van der Waals surface area contributed by atoms with E-state index in [1.807, 2.05) is 56.6 Å². The van der Waals surface area contributed by atoms with E-state index in [4.69, 9.17) is 0 Å². The van der Waals surface area contributed by atoms with Crippen LogP contribution in [0, 0.1) is 5.82 Å². The number of hydrogen-bond acceptors (Lipinski definition) is 5. The van der Waals surface area contributed by atoms with Crippen molar-refractivity contribution in [3.05, 3.63) is 72.0 Å². The van der Waals surface area contributed by atoms with Gasteiger partial charge in [0.1, 0.15) is 17.5 Å². The van der Waals surface area contributed by atoms with E-state index in [0.717, 1.165) is 24.5 Å². The largest absolute Gasteiger partial charge is 0.369 e. The summed E-state index contributed by atoms with van der Waals surface area (Å²) in [6.07, 6.45) is 0. The number of aromatic nitrogens is 2. The van der Waals surface area contributed by atoms with E-state index in [1.165, 1.54) is 6.07 Å². The fraction of sp³-hybridized carbons (Fsp3) is 0.238. The number of hydrogen-bond donors (Lipinski definition) is 2. The lowest BCUT2D eigenvalue weighted by Gasteiger charge is -2.14. The molecule has 0 saturated carbocycles. The normalized spacial score (nSPS) is 10.8. The molecule has 0 aliphatic rings. The SMILES string of the molecule is CN(C)CCNc1cc(NCc2ccccc2F)nc(-c2ccccc2)n1. The van der Waals surface area contributed by atoms with Crippen LogP contribution in [0.1, 0.15) is 5.56 Å². The fourth-order valence-electron chi connectivity index (χ4n) is 2.58. The molecule has 3 rings (SSSR count). The van der Waals surface area contributed by atoms with Crippen molar-refractivity contribution >= 4 is 11.6 Å². The fourth-order valence-corrected chi connectivity index (χ4v) is 2.58. The smallest absolute Gasteiger partial charge is 0.163 e. The number of benzene rings is 2. The number of rotatable bonds is 8. The zero-order chi connectivity index (χ0) is 19.1. The van der Waals surface area contributed by atoms with Gasteiger partial charge >= 0.3 is 0 Å². The maximum atomic E-state index is 13.9. The second kappa shape index (κ2) is 9.09. The second-order valence-electron chi connectivity index (χ2n) is 6.50. The highest BCUT2D eigenvalue weighted by Crippen LogP contribution is 2.20. The van der Waals surface area contributed by atoms with Gasteiger partial charge in [0.2, 0.25) is 0 Å².